The number of rotatable bonds is 6. The minimum absolute atomic E-state index is 0.103. The summed E-state index contributed by atoms with van der Waals surface area (Å²) >= 11 is 6.13. The van der Waals surface area contributed by atoms with E-state index in [2.05, 4.69) is 15.6 Å². The largest absolute Gasteiger partial charge is 0.495 e. The van der Waals surface area contributed by atoms with Crippen LogP contribution in [0.25, 0.3) is 0 Å². The first-order valence-corrected chi connectivity index (χ1v) is 8.50. The van der Waals surface area contributed by atoms with Crippen molar-refractivity contribution in [2.24, 2.45) is 0 Å². The molecule has 2 heterocycles. The summed E-state index contributed by atoms with van der Waals surface area (Å²) < 4.78 is 10.6. The topological polar surface area (TPSA) is 72.5 Å². The molecule has 0 saturated carbocycles. The average Bonchev–Trinajstić information content (AvgIpc) is 3.14. The fourth-order valence-corrected chi connectivity index (χ4v) is 2.90. The third-order valence-corrected chi connectivity index (χ3v) is 4.24. The molecule has 1 unspecified atom stereocenters. The van der Waals surface area contributed by atoms with Gasteiger partial charge < -0.3 is 20.1 Å². The van der Waals surface area contributed by atoms with Crippen molar-refractivity contribution in [3.05, 3.63) is 47.2 Å². The summed E-state index contributed by atoms with van der Waals surface area (Å²) in [5.74, 6) is 0.392. The lowest BCUT2D eigenvalue weighted by atomic mass is 10.2. The number of carbonyl (C=O) groups excluding carboxylic acids is 1. The molecule has 0 bridgehead atoms. The first-order valence-electron chi connectivity index (χ1n) is 8.12. The number of pyridine rings is 1. The highest BCUT2D eigenvalue weighted by molar-refractivity contribution is 6.32. The number of hydrogen-bond acceptors (Lipinski definition) is 5. The van der Waals surface area contributed by atoms with Crippen molar-refractivity contribution in [3.63, 3.8) is 0 Å². The molecule has 1 atom stereocenters. The SMILES string of the molecule is COc1ccc(Nc2ccnc(C(=O)NCC3CCCO3)c2)cc1Cl. The number of methoxy groups -OCH3 is 1. The minimum atomic E-state index is -0.216. The standard InChI is InChI=1S/C18H20ClN3O3/c1-24-17-5-4-12(9-15(17)19)22-13-6-7-20-16(10-13)18(23)21-11-14-3-2-8-25-14/h4-7,9-10,14H,2-3,8,11H2,1H3,(H,20,22)(H,21,23). The molecule has 1 aliphatic rings. The third kappa shape index (κ3) is 4.61. The number of anilines is 2. The molecule has 1 aromatic carbocycles. The van der Waals surface area contributed by atoms with E-state index in [0.29, 0.717) is 23.0 Å². The Labute approximate surface area is 151 Å². The summed E-state index contributed by atoms with van der Waals surface area (Å²) in [6, 6.07) is 8.87. The van der Waals surface area contributed by atoms with Gasteiger partial charge in [-0.2, -0.15) is 0 Å². The van der Waals surface area contributed by atoms with Crippen LogP contribution >= 0.6 is 11.6 Å². The maximum atomic E-state index is 12.2. The van der Waals surface area contributed by atoms with E-state index in [1.165, 1.54) is 0 Å². The highest BCUT2D eigenvalue weighted by Crippen LogP contribution is 2.28. The highest BCUT2D eigenvalue weighted by atomic mass is 35.5. The van der Waals surface area contributed by atoms with Gasteiger partial charge in [-0.1, -0.05) is 11.6 Å². The Morgan fingerprint density at radius 1 is 1.36 bits per heavy atom. The maximum Gasteiger partial charge on any atom is 0.270 e. The lowest BCUT2D eigenvalue weighted by molar-refractivity contribution is 0.0854. The van der Waals surface area contributed by atoms with E-state index in [9.17, 15) is 4.79 Å². The van der Waals surface area contributed by atoms with Gasteiger partial charge in [0.2, 0.25) is 0 Å². The molecular formula is C18H20ClN3O3. The molecule has 0 spiro atoms. The second kappa shape index (κ2) is 8.18. The van der Waals surface area contributed by atoms with Crippen molar-refractivity contribution in [3.8, 4) is 5.75 Å². The molecule has 2 aromatic rings. The first-order chi connectivity index (χ1) is 12.2. The Kier molecular flexibility index (Phi) is 5.73. The van der Waals surface area contributed by atoms with Crippen LogP contribution in [0.1, 0.15) is 23.3 Å². The highest BCUT2D eigenvalue weighted by Gasteiger charge is 2.17. The molecule has 132 valence electrons. The van der Waals surface area contributed by atoms with E-state index in [1.54, 1.807) is 37.6 Å². The number of nitrogens with one attached hydrogen (secondary N) is 2. The summed E-state index contributed by atoms with van der Waals surface area (Å²) in [5, 5.41) is 6.58. The van der Waals surface area contributed by atoms with Crippen LogP contribution in [-0.4, -0.2) is 37.3 Å². The quantitative estimate of drug-likeness (QED) is 0.825. The molecule has 0 radical (unpaired) electrons. The van der Waals surface area contributed by atoms with Gasteiger partial charge in [-0.25, -0.2) is 0 Å². The second-order valence-electron chi connectivity index (χ2n) is 5.75. The Morgan fingerprint density at radius 3 is 2.92 bits per heavy atom. The van der Waals surface area contributed by atoms with Gasteiger partial charge >= 0.3 is 0 Å². The molecule has 1 fully saturated rings. The predicted molar refractivity (Wildman–Crippen MR) is 96.8 cm³/mol. The fourth-order valence-electron chi connectivity index (χ4n) is 2.65. The van der Waals surface area contributed by atoms with Crippen LogP contribution in [0.2, 0.25) is 5.02 Å². The van der Waals surface area contributed by atoms with Crippen LogP contribution in [-0.2, 0) is 4.74 Å². The number of nitrogens with zero attached hydrogens (tertiary/aromatic N) is 1. The third-order valence-electron chi connectivity index (χ3n) is 3.95. The fraction of sp³-hybridized carbons (Fsp3) is 0.333. The summed E-state index contributed by atoms with van der Waals surface area (Å²) in [7, 11) is 1.57. The zero-order valence-electron chi connectivity index (χ0n) is 13.9. The van der Waals surface area contributed by atoms with E-state index >= 15 is 0 Å². The minimum Gasteiger partial charge on any atom is -0.495 e. The van der Waals surface area contributed by atoms with Crippen molar-refractivity contribution in [1.82, 2.24) is 10.3 Å². The maximum absolute atomic E-state index is 12.2. The second-order valence-corrected chi connectivity index (χ2v) is 6.16. The van der Waals surface area contributed by atoms with Crippen LogP contribution in [0, 0.1) is 0 Å². The molecule has 3 rings (SSSR count). The van der Waals surface area contributed by atoms with Gasteiger partial charge in [-0.15, -0.1) is 0 Å². The summed E-state index contributed by atoms with van der Waals surface area (Å²) in [6.07, 6.45) is 3.72. The summed E-state index contributed by atoms with van der Waals surface area (Å²) in [6.45, 7) is 1.27. The number of aromatic nitrogens is 1. The van der Waals surface area contributed by atoms with Crippen LogP contribution < -0.4 is 15.4 Å². The summed E-state index contributed by atoms with van der Waals surface area (Å²) in [4.78, 5) is 16.4. The zero-order valence-corrected chi connectivity index (χ0v) is 14.7. The molecule has 1 aliphatic heterocycles. The molecule has 1 saturated heterocycles. The molecule has 0 aliphatic carbocycles. The number of ether oxygens (including phenoxy) is 2. The van der Waals surface area contributed by atoms with Gasteiger partial charge in [-0.05, 0) is 43.2 Å². The van der Waals surface area contributed by atoms with E-state index in [0.717, 1.165) is 30.8 Å². The smallest absolute Gasteiger partial charge is 0.270 e. The van der Waals surface area contributed by atoms with Gasteiger partial charge in [0.05, 0.1) is 18.2 Å². The Bertz CT molecular complexity index is 748. The van der Waals surface area contributed by atoms with Crippen LogP contribution in [0.4, 0.5) is 11.4 Å². The number of halogens is 1. The van der Waals surface area contributed by atoms with E-state index < -0.39 is 0 Å². The number of hydrogen-bond donors (Lipinski definition) is 2. The molecule has 6 nitrogen and oxygen atoms in total. The van der Waals surface area contributed by atoms with Gasteiger partial charge in [0.1, 0.15) is 11.4 Å². The van der Waals surface area contributed by atoms with E-state index in [1.807, 2.05) is 6.07 Å². The van der Waals surface area contributed by atoms with Crippen molar-refractivity contribution < 1.29 is 14.3 Å². The Balaban J connectivity index is 1.64. The van der Waals surface area contributed by atoms with Crippen LogP contribution in [0.3, 0.4) is 0 Å². The van der Waals surface area contributed by atoms with Crippen molar-refractivity contribution in [2.45, 2.75) is 18.9 Å². The first kappa shape index (κ1) is 17.5. The zero-order chi connectivity index (χ0) is 17.6. The van der Waals surface area contributed by atoms with Crippen molar-refractivity contribution >= 4 is 28.9 Å². The summed E-state index contributed by atoms with van der Waals surface area (Å²) in [5.41, 5.74) is 1.89. The Morgan fingerprint density at radius 2 is 2.20 bits per heavy atom. The molecule has 2 N–H and O–H groups in total. The van der Waals surface area contributed by atoms with Crippen molar-refractivity contribution in [1.29, 1.82) is 0 Å². The normalized spacial score (nSPS) is 16.5. The molecule has 1 aromatic heterocycles. The average molecular weight is 362 g/mol. The van der Waals surface area contributed by atoms with Gasteiger partial charge in [-0.3, -0.25) is 9.78 Å². The molecule has 25 heavy (non-hydrogen) atoms. The number of benzene rings is 1. The number of amides is 1. The van der Waals surface area contributed by atoms with Crippen LogP contribution in [0.15, 0.2) is 36.5 Å². The van der Waals surface area contributed by atoms with Gasteiger partial charge in [0, 0.05) is 30.7 Å². The molecule has 7 heteroatoms. The molecular weight excluding hydrogens is 342 g/mol. The number of carbonyl (C=O) groups is 1. The lowest BCUT2D eigenvalue weighted by Gasteiger charge is -2.12. The van der Waals surface area contributed by atoms with Crippen LogP contribution in [0.5, 0.6) is 5.75 Å². The predicted octanol–water partition coefficient (Wildman–Crippen LogP) is 3.40. The van der Waals surface area contributed by atoms with Gasteiger partial charge in [0.15, 0.2) is 0 Å². The lowest BCUT2D eigenvalue weighted by Crippen LogP contribution is -2.32. The van der Waals surface area contributed by atoms with Gasteiger partial charge in [0.25, 0.3) is 5.91 Å². The Hall–Kier alpha value is -2.31. The monoisotopic (exact) mass is 361 g/mol. The molecule has 1 amide bonds. The van der Waals surface area contributed by atoms with E-state index in [4.69, 9.17) is 21.1 Å². The van der Waals surface area contributed by atoms with Crippen molar-refractivity contribution in [2.75, 3.05) is 25.6 Å². The van der Waals surface area contributed by atoms with E-state index in [-0.39, 0.29) is 12.0 Å².